The Morgan fingerprint density at radius 2 is 2.19 bits per heavy atom. The van der Waals surface area contributed by atoms with Crippen molar-refractivity contribution in [3.63, 3.8) is 0 Å². The number of unbranched alkanes of at least 4 members (excludes halogenated alkanes) is 1. The Bertz CT molecular complexity index is 490. The first-order valence-corrected chi connectivity index (χ1v) is 6.78. The summed E-state index contributed by atoms with van der Waals surface area (Å²) in [4.78, 5) is 21.9. The van der Waals surface area contributed by atoms with Gasteiger partial charge in [0, 0.05) is 12.6 Å². The Morgan fingerprint density at radius 3 is 2.81 bits per heavy atom. The van der Waals surface area contributed by atoms with Gasteiger partial charge in [0.25, 0.3) is 0 Å². The summed E-state index contributed by atoms with van der Waals surface area (Å²) in [5.74, 6) is -0.468. The van der Waals surface area contributed by atoms with Gasteiger partial charge in [-0.1, -0.05) is 19.4 Å². The highest BCUT2D eigenvalue weighted by Crippen LogP contribution is 2.27. The van der Waals surface area contributed by atoms with Crippen molar-refractivity contribution in [2.24, 2.45) is 0 Å². The number of hydrogen-bond donors (Lipinski definition) is 1. The van der Waals surface area contributed by atoms with Crippen LogP contribution in [0, 0.1) is 10.1 Å². The molecule has 0 aliphatic rings. The van der Waals surface area contributed by atoms with E-state index in [1.165, 1.54) is 12.1 Å². The van der Waals surface area contributed by atoms with Crippen molar-refractivity contribution in [3.8, 4) is 5.75 Å². The summed E-state index contributed by atoms with van der Waals surface area (Å²) in [5, 5.41) is 13.9. The number of benzene rings is 1. The molecule has 0 aliphatic heterocycles. The van der Waals surface area contributed by atoms with E-state index in [9.17, 15) is 14.9 Å². The Morgan fingerprint density at radius 1 is 1.43 bits per heavy atom. The molecular weight excluding hydrogens is 276 g/mol. The fourth-order valence-corrected chi connectivity index (χ4v) is 1.65. The topological polar surface area (TPSA) is 90.7 Å². The summed E-state index contributed by atoms with van der Waals surface area (Å²) in [7, 11) is 1.75. The molecule has 1 aromatic rings. The zero-order valence-electron chi connectivity index (χ0n) is 12.3. The SMILES string of the molecule is CCCCOC(=O)COc1ccc(CNC)cc1[N+](=O)[O-]. The number of nitrogens with zero attached hydrogens (tertiary/aromatic N) is 1. The Kier molecular flexibility index (Phi) is 7.17. The largest absolute Gasteiger partial charge is 0.475 e. The summed E-state index contributed by atoms with van der Waals surface area (Å²) in [6, 6.07) is 4.62. The molecule has 116 valence electrons. The van der Waals surface area contributed by atoms with Gasteiger partial charge in [0.15, 0.2) is 12.4 Å². The van der Waals surface area contributed by atoms with Crippen LogP contribution in [-0.2, 0) is 16.1 Å². The first-order valence-electron chi connectivity index (χ1n) is 6.78. The highest BCUT2D eigenvalue weighted by Gasteiger charge is 2.17. The third kappa shape index (κ3) is 5.78. The molecule has 7 heteroatoms. The lowest BCUT2D eigenvalue weighted by Crippen LogP contribution is -2.16. The second-order valence-electron chi connectivity index (χ2n) is 4.45. The van der Waals surface area contributed by atoms with E-state index in [4.69, 9.17) is 9.47 Å². The molecule has 0 aromatic heterocycles. The van der Waals surface area contributed by atoms with Crippen LogP contribution < -0.4 is 10.1 Å². The predicted octanol–water partition coefficient (Wildman–Crippen LogP) is 2.04. The number of ether oxygens (including phenoxy) is 2. The monoisotopic (exact) mass is 296 g/mol. The van der Waals surface area contributed by atoms with E-state index in [1.807, 2.05) is 6.92 Å². The van der Waals surface area contributed by atoms with E-state index in [1.54, 1.807) is 13.1 Å². The molecule has 0 spiro atoms. The summed E-state index contributed by atoms with van der Waals surface area (Å²) < 4.78 is 10.1. The molecule has 0 radical (unpaired) electrons. The van der Waals surface area contributed by atoms with E-state index in [0.717, 1.165) is 18.4 Å². The van der Waals surface area contributed by atoms with Crippen LogP contribution in [0.2, 0.25) is 0 Å². The molecule has 0 saturated carbocycles. The first-order chi connectivity index (χ1) is 10.1. The van der Waals surface area contributed by atoms with E-state index in [2.05, 4.69) is 5.32 Å². The molecule has 7 nitrogen and oxygen atoms in total. The Labute approximate surface area is 123 Å². The molecule has 0 fully saturated rings. The molecule has 0 amide bonds. The minimum Gasteiger partial charge on any atom is -0.475 e. The van der Waals surface area contributed by atoms with Crippen LogP contribution in [0.15, 0.2) is 18.2 Å². The second-order valence-corrected chi connectivity index (χ2v) is 4.45. The lowest BCUT2D eigenvalue weighted by Gasteiger charge is -2.08. The molecule has 1 N–H and O–H groups in total. The van der Waals surface area contributed by atoms with Crippen LogP contribution in [0.5, 0.6) is 5.75 Å². The fraction of sp³-hybridized carbons (Fsp3) is 0.500. The number of rotatable bonds is 9. The van der Waals surface area contributed by atoms with Crippen molar-refractivity contribution < 1.29 is 19.2 Å². The molecule has 0 bridgehead atoms. The van der Waals surface area contributed by atoms with Gasteiger partial charge in [0.1, 0.15) is 0 Å². The number of carbonyl (C=O) groups excluding carboxylic acids is 1. The zero-order chi connectivity index (χ0) is 15.7. The summed E-state index contributed by atoms with van der Waals surface area (Å²) in [6.07, 6.45) is 1.71. The van der Waals surface area contributed by atoms with Gasteiger partial charge >= 0.3 is 11.7 Å². The van der Waals surface area contributed by atoms with Gasteiger partial charge in [-0.3, -0.25) is 10.1 Å². The number of nitro benzene ring substituents is 1. The number of hydrogen-bond acceptors (Lipinski definition) is 6. The Balaban J connectivity index is 2.65. The van der Waals surface area contributed by atoms with Crippen molar-refractivity contribution in [2.45, 2.75) is 26.3 Å². The van der Waals surface area contributed by atoms with Crippen LogP contribution in [0.3, 0.4) is 0 Å². The average Bonchev–Trinajstić information content (AvgIpc) is 2.46. The first kappa shape index (κ1) is 16.9. The summed E-state index contributed by atoms with van der Waals surface area (Å²) >= 11 is 0. The number of carbonyl (C=O) groups is 1. The maximum Gasteiger partial charge on any atom is 0.344 e. The highest BCUT2D eigenvalue weighted by atomic mass is 16.6. The quantitative estimate of drug-likeness (QED) is 0.324. The maximum atomic E-state index is 11.4. The summed E-state index contributed by atoms with van der Waals surface area (Å²) in [5.41, 5.74) is 0.603. The number of nitrogens with one attached hydrogen (secondary N) is 1. The van der Waals surface area contributed by atoms with Crippen molar-refractivity contribution >= 4 is 11.7 Å². The third-order valence-electron chi connectivity index (χ3n) is 2.71. The van der Waals surface area contributed by atoms with E-state index >= 15 is 0 Å². The van der Waals surface area contributed by atoms with Crippen LogP contribution in [-0.4, -0.2) is 31.2 Å². The molecule has 0 atom stereocenters. The standard InChI is InChI=1S/C14H20N2O5/c1-3-4-7-20-14(17)10-21-13-6-5-11(9-15-2)8-12(13)16(18)19/h5-6,8,15H,3-4,7,9-10H2,1-2H3. The van der Waals surface area contributed by atoms with Crippen molar-refractivity contribution in [1.29, 1.82) is 0 Å². The average molecular weight is 296 g/mol. The molecule has 0 heterocycles. The molecule has 0 unspecified atom stereocenters. The van der Waals surface area contributed by atoms with E-state index in [0.29, 0.717) is 13.2 Å². The van der Waals surface area contributed by atoms with Crippen LogP contribution >= 0.6 is 0 Å². The highest BCUT2D eigenvalue weighted by molar-refractivity contribution is 5.71. The minimum atomic E-state index is -0.531. The zero-order valence-corrected chi connectivity index (χ0v) is 12.3. The lowest BCUT2D eigenvalue weighted by molar-refractivity contribution is -0.385. The predicted molar refractivity (Wildman–Crippen MR) is 77.2 cm³/mol. The van der Waals surface area contributed by atoms with Crippen molar-refractivity contribution in [1.82, 2.24) is 5.32 Å². The van der Waals surface area contributed by atoms with Gasteiger partial charge in [0.05, 0.1) is 11.5 Å². The number of esters is 1. The normalized spacial score (nSPS) is 10.2. The Hall–Kier alpha value is -2.15. The van der Waals surface area contributed by atoms with Gasteiger partial charge in [-0.25, -0.2) is 4.79 Å². The van der Waals surface area contributed by atoms with Gasteiger partial charge in [0.2, 0.25) is 0 Å². The molecule has 1 aromatic carbocycles. The van der Waals surface area contributed by atoms with Gasteiger partial charge in [-0.2, -0.15) is 0 Å². The molecule has 0 saturated heterocycles. The van der Waals surface area contributed by atoms with E-state index in [-0.39, 0.29) is 18.0 Å². The minimum absolute atomic E-state index is 0.0623. The molecule has 0 aliphatic carbocycles. The maximum absolute atomic E-state index is 11.4. The molecular formula is C14H20N2O5. The molecule has 21 heavy (non-hydrogen) atoms. The van der Waals surface area contributed by atoms with Crippen LogP contribution in [0.1, 0.15) is 25.3 Å². The lowest BCUT2D eigenvalue weighted by atomic mass is 10.2. The van der Waals surface area contributed by atoms with Crippen molar-refractivity contribution in [3.05, 3.63) is 33.9 Å². The van der Waals surface area contributed by atoms with Crippen LogP contribution in [0.4, 0.5) is 5.69 Å². The fourth-order valence-electron chi connectivity index (χ4n) is 1.65. The van der Waals surface area contributed by atoms with E-state index < -0.39 is 10.9 Å². The van der Waals surface area contributed by atoms with Gasteiger partial charge < -0.3 is 14.8 Å². The number of nitro groups is 1. The van der Waals surface area contributed by atoms with Crippen molar-refractivity contribution in [2.75, 3.05) is 20.3 Å². The second kappa shape index (κ2) is 8.91. The van der Waals surface area contributed by atoms with Gasteiger partial charge in [-0.05, 0) is 25.1 Å². The smallest absolute Gasteiger partial charge is 0.344 e. The van der Waals surface area contributed by atoms with Gasteiger partial charge in [-0.15, -0.1) is 0 Å². The third-order valence-corrected chi connectivity index (χ3v) is 2.71. The summed E-state index contributed by atoms with van der Waals surface area (Å²) in [6.45, 7) is 2.50. The van der Waals surface area contributed by atoms with Crippen LogP contribution in [0.25, 0.3) is 0 Å². The molecule has 1 rings (SSSR count).